The van der Waals surface area contributed by atoms with Crippen molar-refractivity contribution in [3.8, 4) is 11.8 Å². The average molecular weight is 514 g/mol. The fraction of sp³-hybridized carbons (Fsp3) is 0.333. The van der Waals surface area contributed by atoms with Crippen LogP contribution < -0.4 is 10.1 Å². The van der Waals surface area contributed by atoms with Crippen LogP contribution in [0.15, 0.2) is 42.1 Å². The third kappa shape index (κ3) is 5.63. The number of allylic oxidation sites excluding steroid dienone is 1. The van der Waals surface area contributed by atoms with Gasteiger partial charge in [0.2, 0.25) is 5.91 Å². The number of thiophene rings is 1. The van der Waals surface area contributed by atoms with Crippen molar-refractivity contribution in [3.63, 3.8) is 0 Å². The van der Waals surface area contributed by atoms with Crippen LogP contribution in [0.1, 0.15) is 41.1 Å². The number of thioether (sulfide) groups is 1. The molecule has 1 aliphatic carbocycles. The average Bonchev–Trinajstić information content (AvgIpc) is 3.28. The van der Waals surface area contributed by atoms with E-state index in [0.29, 0.717) is 38.9 Å². The van der Waals surface area contributed by atoms with Gasteiger partial charge in [0.25, 0.3) is 0 Å². The van der Waals surface area contributed by atoms with Gasteiger partial charge in [0.1, 0.15) is 23.4 Å². The summed E-state index contributed by atoms with van der Waals surface area (Å²) in [6.07, 6.45) is 7.02. The number of fused-ring (bicyclic) bond motifs is 1. The second kappa shape index (κ2) is 11.6. The molecule has 0 radical (unpaired) electrons. The quantitative estimate of drug-likeness (QED) is 0.226. The van der Waals surface area contributed by atoms with Crippen molar-refractivity contribution in [2.45, 2.75) is 50.4 Å². The number of hydrogen-bond donors (Lipinski definition) is 1. The Kier molecular flexibility index (Phi) is 8.27. The van der Waals surface area contributed by atoms with Gasteiger partial charge in [-0.15, -0.1) is 28.1 Å². The summed E-state index contributed by atoms with van der Waals surface area (Å²) < 4.78 is 7.65. The molecule has 7 nitrogen and oxygen atoms in total. The van der Waals surface area contributed by atoms with Crippen LogP contribution in [0.5, 0.6) is 5.75 Å². The molecule has 0 bridgehead atoms. The van der Waals surface area contributed by atoms with Gasteiger partial charge in [0, 0.05) is 11.4 Å². The summed E-state index contributed by atoms with van der Waals surface area (Å²) in [6, 6.07) is 9.53. The Labute approximate surface area is 211 Å². The first-order valence-corrected chi connectivity index (χ1v) is 13.2. The Morgan fingerprint density at radius 3 is 2.94 bits per heavy atom. The van der Waals surface area contributed by atoms with Gasteiger partial charge in [0.15, 0.2) is 11.0 Å². The molecule has 0 unspecified atom stereocenters. The number of anilines is 1. The maximum absolute atomic E-state index is 12.7. The molecule has 3 aromatic rings. The lowest BCUT2D eigenvalue weighted by Gasteiger charge is -2.10. The molecular weight excluding hydrogens is 490 g/mol. The first kappa shape index (κ1) is 24.3. The van der Waals surface area contributed by atoms with Gasteiger partial charge < -0.3 is 10.1 Å². The molecule has 1 aromatic carbocycles. The number of halogens is 1. The zero-order chi connectivity index (χ0) is 23.9. The Morgan fingerprint density at radius 1 is 1.32 bits per heavy atom. The highest BCUT2D eigenvalue weighted by Gasteiger charge is 2.21. The summed E-state index contributed by atoms with van der Waals surface area (Å²) in [5.41, 5.74) is 1.73. The highest BCUT2D eigenvalue weighted by Crippen LogP contribution is 2.37. The van der Waals surface area contributed by atoms with Crippen LogP contribution in [-0.2, 0) is 30.8 Å². The van der Waals surface area contributed by atoms with Crippen LogP contribution in [0, 0.1) is 11.3 Å². The number of nitriles is 1. The van der Waals surface area contributed by atoms with Gasteiger partial charge in [-0.25, -0.2) is 0 Å². The van der Waals surface area contributed by atoms with E-state index in [1.54, 1.807) is 18.2 Å². The lowest BCUT2D eigenvalue weighted by atomic mass is 10.1. The van der Waals surface area contributed by atoms with Crippen LogP contribution in [0.3, 0.4) is 0 Å². The summed E-state index contributed by atoms with van der Waals surface area (Å²) >= 11 is 8.97. The fourth-order valence-corrected chi connectivity index (χ4v) is 6.00. The van der Waals surface area contributed by atoms with Crippen molar-refractivity contribution in [3.05, 3.63) is 63.8 Å². The molecular formula is C24H24ClN5O2S2. The third-order valence-electron chi connectivity index (χ3n) is 5.42. The van der Waals surface area contributed by atoms with Crippen LogP contribution in [0.4, 0.5) is 5.00 Å². The SMILES string of the molecule is C=CCn1c(COc2ccccc2Cl)nnc1SCC(=O)Nc1sc2c(c1C#N)CCCCC2. The molecule has 176 valence electrons. The van der Waals surface area contributed by atoms with Gasteiger partial charge in [-0.3, -0.25) is 9.36 Å². The number of benzene rings is 1. The van der Waals surface area contributed by atoms with E-state index in [9.17, 15) is 10.1 Å². The third-order valence-corrected chi connectivity index (χ3v) is 7.90. The summed E-state index contributed by atoms with van der Waals surface area (Å²) in [5.74, 6) is 1.14. The predicted octanol–water partition coefficient (Wildman–Crippen LogP) is 5.63. The Morgan fingerprint density at radius 2 is 2.15 bits per heavy atom. The molecule has 0 atom stereocenters. The minimum absolute atomic E-state index is 0.147. The second-order valence-electron chi connectivity index (χ2n) is 7.73. The minimum Gasteiger partial charge on any atom is -0.484 e. The van der Waals surface area contributed by atoms with Crippen LogP contribution in [-0.4, -0.2) is 26.4 Å². The number of aryl methyl sites for hydroxylation is 1. The first-order chi connectivity index (χ1) is 16.6. The maximum atomic E-state index is 12.7. The number of rotatable bonds is 9. The van der Waals surface area contributed by atoms with Crippen LogP contribution in [0.25, 0.3) is 0 Å². The summed E-state index contributed by atoms with van der Waals surface area (Å²) in [6.45, 7) is 4.47. The van der Waals surface area contributed by atoms with Gasteiger partial charge in [-0.1, -0.05) is 48.0 Å². The van der Waals surface area contributed by atoms with E-state index in [1.807, 2.05) is 16.7 Å². The van der Waals surface area contributed by atoms with E-state index in [1.165, 1.54) is 34.4 Å². The molecule has 2 heterocycles. The van der Waals surface area contributed by atoms with Crippen molar-refractivity contribution >= 4 is 45.6 Å². The Balaban J connectivity index is 1.40. The molecule has 0 fully saturated rings. The van der Waals surface area contributed by atoms with Gasteiger partial charge in [-0.2, -0.15) is 5.26 Å². The zero-order valence-corrected chi connectivity index (χ0v) is 20.9. The molecule has 34 heavy (non-hydrogen) atoms. The monoisotopic (exact) mass is 513 g/mol. The summed E-state index contributed by atoms with van der Waals surface area (Å²) in [7, 11) is 0. The molecule has 0 aliphatic heterocycles. The van der Waals surface area contributed by atoms with Gasteiger partial charge >= 0.3 is 0 Å². The highest BCUT2D eigenvalue weighted by molar-refractivity contribution is 7.99. The molecule has 0 saturated carbocycles. The van der Waals surface area contributed by atoms with Gasteiger partial charge in [-0.05, 0) is 43.4 Å². The number of aromatic nitrogens is 3. The number of ether oxygens (including phenoxy) is 1. The number of nitrogens with one attached hydrogen (secondary N) is 1. The van der Waals surface area contributed by atoms with Crippen molar-refractivity contribution in [1.29, 1.82) is 5.26 Å². The second-order valence-corrected chi connectivity index (χ2v) is 10.2. The Hall–Kier alpha value is -2.80. The number of nitrogens with zero attached hydrogens (tertiary/aromatic N) is 4. The predicted molar refractivity (Wildman–Crippen MR) is 136 cm³/mol. The number of para-hydroxylation sites is 1. The molecule has 4 rings (SSSR count). The number of carbonyl (C=O) groups excluding carboxylic acids is 1. The number of carbonyl (C=O) groups is 1. The molecule has 10 heteroatoms. The van der Waals surface area contributed by atoms with E-state index in [-0.39, 0.29) is 18.3 Å². The largest absolute Gasteiger partial charge is 0.484 e. The maximum Gasteiger partial charge on any atom is 0.235 e. The van der Waals surface area contributed by atoms with Gasteiger partial charge in [0.05, 0.1) is 16.3 Å². The molecule has 2 aromatic heterocycles. The van der Waals surface area contributed by atoms with Crippen LogP contribution in [0.2, 0.25) is 5.02 Å². The highest BCUT2D eigenvalue weighted by atomic mass is 35.5. The molecule has 1 aliphatic rings. The summed E-state index contributed by atoms with van der Waals surface area (Å²) in [5, 5.41) is 22.8. The smallest absolute Gasteiger partial charge is 0.235 e. The lowest BCUT2D eigenvalue weighted by molar-refractivity contribution is -0.113. The van der Waals surface area contributed by atoms with Crippen molar-refractivity contribution < 1.29 is 9.53 Å². The lowest BCUT2D eigenvalue weighted by Crippen LogP contribution is -2.15. The van der Waals surface area contributed by atoms with Crippen molar-refractivity contribution in [1.82, 2.24) is 14.8 Å². The standard InChI is InChI=1S/C24H24ClN5O2S2/c1-2-12-30-21(14-32-19-10-7-6-9-18(19)25)28-29-24(30)33-15-22(31)27-23-17(13-26)16-8-4-3-5-11-20(16)34-23/h2,6-7,9-10H,1,3-5,8,11-12,14-15H2,(H,27,31). The number of hydrogen-bond acceptors (Lipinski definition) is 7. The molecule has 1 N–H and O–H groups in total. The zero-order valence-electron chi connectivity index (χ0n) is 18.6. The topological polar surface area (TPSA) is 92.8 Å². The normalized spacial score (nSPS) is 12.9. The molecule has 0 spiro atoms. The van der Waals surface area contributed by atoms with E-state index in [0.717, 1.165) is 31.2 Å². The number of amides is 1. The summed E-state index contributed by atoms with van der Waals surface area (Å²) in [4.78, 5) is 13.9. The van der Waals surface area contributed by atoms with E-state index >= 15 is 0 Å². The van der Waals surface area contributed by atoms with Crippen molar-refractivity contribution in [2.75, 3.05) is 11.1 Å². The van der Waals surface area contributed by atoms with E-state index < -0.39 is 0 Å². The van der Waals surface area contributed by atoms with E-state index in [2.05, 4.69) is 28.2 Å². The molecule has 1 amide bonds. The first-order valence-electron chi connectivity index (χ1n) is 11.0. The minimum atomic E-state index is -0.181. The molecule has 0 saturated heterocycles. The Bertz CT molecular complexity index is 1230. The van der Waals surface area contributed by atoms with Crippen molar-refractivity contribution in [2.24, 2.45) is 0 Å². The van der Waals surface area contributed by atoms with E-state index in [4.69, 9.17) is 16.3 Å². The van der Waals surface area contributed by atoms with Crippen LogP contribution >= 0.6 is 34.7 Å². The fourth-order valence-electron chi connectivity index (χ4n) is 3.79.